The van der Waals surface area contributed by atoms with Crippen molar-refractivity contribution in [2.75, 3.05) is 19.5 Å². The van der Waals surface area contributed by atoms with Crippen molar-refractivity contribution in [3.05, 3.63) is 82.4 Å². The first kappa shape index (κ1) is 22.6. The number of anilines is 1. The minimum absolute atomic E-state index is 0.0173. The van der Waals surface area contributed by atoms with Crippen molar-refractivity contribution in [1.29, 1.82) is 0 Å². The van der Waals surface area contributed by atoms with Crippen LogP contribution in [0.2, 0.25) is 0 Å². The molecule has 0 bridgehead atoms. The van der Waals surface area contributed by atoms with E-state index in [4.69, 9.17) is 10.5 Å². The summed E-state index contributed by atoms with van der Waals surface area (Å²) in [4.78, 5) is 0. The molecule has 2 aromatic carbocycles. The van der Waals surface area contributed by atoms with E-state index in [0.29, 0.717) is 5.56 Å². The Hall–Kier alpha value is -2.73. The van der Waals surface area contributed by atoms with Gasteiger partial charge < -0.3 is 15.6 Å². The number of hydrogen-bond acceptors (Lipinski definition) is 3. The first-order valence-corrected chi connectivity index (χ1v) is 9.50. The third kappa shape index (κ3) is 5.87. The second-order valence-electron chi connectivity index (χ2n) is 6.73. The van der Waals surface area contributed by atoms with Gasteiger partial charge in [0.2, 0.25) is 0 Å². The molecule has 1 saturated carbocycles. The van der Waals surface area contributed by atoms with E-state index in [0.717, 1.165) is 50.0 Å². The smallest absolute Gasteiger partial charge is 0.166 e. The highest BCUT2D eigenvalue weighted by Crippen LogP contribution is 2.34. The number of ether oxygens (including phenoxy) is 1. The summed E-state index contributed by atoms with van der Waals surface area (Å²) in [5.74, 6) is -2.56. The van der Waals surface area contributed by atoms with Crippen molar-refractivity contribution in [2.24, 2.45) is 0 Å². The van der Waals surface area contributed by atoms with Crippen molar-refractivity contribution >= 4 is 11.3 Å². The summed E-state index contributed by atoms with van der Waals surface area (Å²) in [5.41, 5.74) is 7.28. The Labute approximate surface area is 169 Å². The van der Waals surface area contributed by atoms with Crippen LogP contribution in [0.1, 0.15) is 43.7 Å². The van der Waals surface area contributed by atoms with Gasteiger partial charge in [-0.05, 0) is 67.2 Å². The largest absolute Gasteiger partial charge is 0.508 e. The Morgan fingerprint density at radius 1 is 1.14 bits per heavy atom. The van der Waals surface area contributed by atoms with E-state index in [9.17, 15) is 18.3 Å². The topological polar surface area (TPSA) is 55.5 Å². The van der Waals surface area contributed by atoms with Gasteiger partial charge in [-0.1, -0.05) is 19.1 Å². The van der Waals surface area contributed by atoms with E-state index < -0.39 is 17.5 Å². The minimum atomic E-state index is -1.04. The first-order chi connectivity index (χ1) is 13.9. The number of nitrogens with two attached hydrogens (primary N) is 1. The molecule has 0 spiro atoms. The van der Waals surface area contributed by atoms with E-state index in [2.05, 4.69) is 6.92 Å². The monoisotopic (exact) mass is 405 g/mol. The number of halogens is 3. The number of benzene rings is 2. The van der Waals surface area contributed by atoms with Gasteiger partial charge in [-0.25, -0.2) is 13.2 Å². The average Bonchev–Trinajstić information content (AvgIpc) is 2.62. The van der Waals surface area contributed by atoms with E-state index in [1.54, 1.807) is 7.11 Å². The van der Waals surface area contributed by atoms with Gasteiger partial charge in [0.25, 0.3) is 0 Å². The molecule has 1 fully saturated rings. The summed E-state index contributed by atoms with van der Waals surface area (Å²) in [5, 5.41) is 10.2. The van der Waals surface area contributed by atoms with Crippen LogP contribution in [0, 0.1) is 17.5 Å². The number of methoxy groups -OCH3 is 1. The summed E-state index contributed by atoms with van der Waals surface area (Å²) < 4.78 is 45.9. The number of hydrogen-bond donors (Lipinski definition) is 2. The second kappa shape index (κ2) is 10.7. The molecule has 0 aromatic heterocycles. The van der Waals surface area contributed by atoms with Crippen LogP contribution in [0.4, 0.5) is 18.9 Å². The molecule has 29 heavy (non-hydrogen) atoms. The fourth-order valence-electron chi connectivity index (χ4n) is 2.84. The molecule has 1 aliphatic rings. The number of allylic oxidation sites excluding steroid dienone is 2. The zero-order valence-electron chi connectivity index (χ0n) is 16.6. The molecule has 3 rings (SSSR count). The standard InChI is InChI=1S/C19H16F3NO.C4H10O/c20-12-7-8-13(17(23)9-12)15(10-18(24)11-3-1-4-11)14-5-2-6-16(21)19(14)22;1-3-4-5-2/h2,5-10,24H,1,3-4,23H2;3-4H2,1-2H3/b15-10-;. The Bertz CT molecular complexity index is 899. The summed E-state index contributed by atoms with van der Waals surface area (Å²) in [6, 6.07) is 7.45. The van der Waals surface area contributed by atoms with Crippen molar-refractivity contribution in [3.63, 3.8) is 0 Å². The van der Waals surface area contributed by atoms with Crippen molar-refractivity contribution in [1.82, 2.24) is 0 Å². The van der Waals surface area contributed by atoms with E-state index in [-0.39, 0.29) is 22.6 Å². The summed E-state index contributed by atoms with van der Waals surface area (Å²) in [6.07, 6.45) is 5.00. The maximum atomic E-state index is 14.3. The Morgan fingerprint density at radius 2 is 1.86 bits per heavy atom. The third-order valence-electron chi connectivity index (χ3n) is 4.55. The Kier molecular flexibility index (Phi) is 8.34. The number of rotatable bonds is 5. The first-order valence-electron chi connectivity index (χ1n) is 9.50. The van der Waals surface area contributed by atoms with Crippen LogP contribution in [-0.2, 0) is 4.74 Å². The number of nitrogen functional groups attached to an aromatic ring is 1. The zero-order valence-corrected chi connectivity index (χ0v) is 16.6. The van der Waals surface area contributed by atoms with Crippen molar-refractivity contribution < 1.29 is 23.0 Å². The molecule has 0 saturated heterocycles. The third-order valence-corrected chi connectivity index (χ3v) is 4.55. The lowest BCUT2D eigenvalue weighted by Gasteiger charge is -2.18. The maximum Gasteiger partial charge on any atom is 0.166 e. The molecular weight excluding hydrogens is 379 g/mol. The fourth-order valence-corrected chi connectivity index (χ4v) is 2.84. The molecular formula is C23H26F3NO2. The van der Waals surface area contributed by atoms with Gasteiger partial charge in [0.1, 0.15) is 11.6 Å². The molecule has 0 amide bonds. The van der Waals surface area contributed by atoms with E-state index in [1.807, 2.05) is 0 Å². The van der Waals surface area contributed by atoms with Crippen LogP contribution in [0.25, 0.3) is 5.57 Å². The number of aliphatic hydroxyl groups excluding tert-OH is 1. The van der Waals surface area contributed by atoms with E-state index in [1.165, 1.54) is 30.3 Å². The van der Waals surface area contributed by atoms with Crippen LogP contribution >= 0.6 is 0 Å². The highest BCUT2D eigenvalue weighted by molar-refractivity contribution is 5.86. The Balaban J connectivity index is 0.000000537. The highest BCUT2D eigenvalue weighted by atomic mass is 19.2. The number of aliphatic hydroxyl groups is 1. The molecule has 0 heterocycles. The normalized spacial score (nSPS) is 13.4. The molecule has 0 atom stereocenters. The maximum absolute atomic E-state index is 14.3. The predicted molar refractivity (Wildman–Crippen MR) is 110 cm³/mol. The fraction of sp³-hybridized carbons (Fsp3) is 0.304. The lowest BCUT2D eigenvalue weighted by Crippen LogP contribution is -2.03. The molecule has 6 heteroatoms. The van der Waals surface area contributed by atoms with Crippen LogP contribution in [0.3, 0.4) is 0 Å². The Morgan fingerprint density at radius 3 is 2.38 bits per heavy atom. The average molecular weight is 405 g/mol. The lowest BCUT2D eigenvalue weighted by molar-refractivity contribution is 0.199. The van der Waals surface area contributed by atoms with E-state index >= 15 is 0 Å². The van der Waals surface area contributed by atoms with Gasteiger partial charge >= 0.3 is 0 Å². The van der Waals surface area contributed by atoms with Gasteiger partial charge in [0.15, 0.2) is 11.6 Å². The van der Waals surface area contributed by atoms with Crippen molar-refractivity contribution in [3.8, 4) is 0 Å². The van der Waals surface area contributed by atoms with Gasteiger partial charge in [0.05, 0.1) is 0 Å². The molecule has 0 aliphatic heterocycles. The summed E-state index contributed by atoms with van der Waals surface area (Å²) >= 11 is 0. The quantitative estimate of drug-likeness (QED) is 0.463. The van der Waals surface area contributed by atoms with Gasteiger partial charge in [-0.3, -0.25) is 0 Å². The van der Waals surface area contributed by atoms with Crippen LogP contribution in [-0.4, -0.2) is 18.8 Å². The molecule has 3 nitrogen and oxygen atoms in total. The zero-order chi connectivity index (χ0) is 21.4. The van der Waals surface area contributed by atoms with Crippen LogP contribution in [0.15, 0.2) is 53.8 Å². The second-order valence-corrected chi connectivity index (χ2v) is 6.73. The van der Waals surface area contributed by atoms with Gasteiger partial charge in [0, 0.05) is 30.5 Å². The summed E-state index contributed by atoms with van der Waals surface area (Å²) in [7, 11) is 1.71. The van der Waals surface area contributed by atoms with Gasteiger partial charge in [-0.2, -0.15) is 0 Å². The lowest BCUT2D eigenvalue weighted by atomic mass is 9.89. The molecule has 0 unspecified atom stereocenters. The van der Waals surface area contributed by atoms with Crippen molar-refractivity contribution in [2.45, 2.75) is 32.6 Å². The molecule has 156 valence electrons. The molecule has 0 radical (unpaired) electrons. The molecule has 3 N–H and O–H groups in total. The van der Waals surface area contributed by atoms with Crippen LogP contribution < -0.4 is 5.73 Å². The predicted octanol–water partition coefficient (Wildman–Crippen LogP) is 6.16. The SMILES string of the molecule is CCCOC.Nc1cc(F)ccc1/C(=C/C(O)=C1CCC1)c1cccc(F)c1F. The van der Waals surface area contributed by atoms with Crippen LogP contribution in [0.5, 0.6) is 0 Å². The van der Waals surface area contributed by atoms with Gasteiger partial charge in [-0.15, -0.1) is 0 Å². The highest BCUT2D eigenvalue weighted by Gasteiger charge is 2.19. The molecule has 1 aliphatic carbocycles. The minimum Gasteiger partial charge on any atom is -0.508 e. The summed E-state index contributed by atoms with van der Waals surface area (Å²) in [6.45, 7) is 2.98. The molecule has 2 aromatic rings.